The van der Waals surface area contributed by atoms with Crippen molar-refractivity contribution in [3.8, 4) is 5.75 Å². The molecule has 1 atom stereocenters. The van der Waals surface area contributed by atoms with Crippen molar-refractivity contribution in [1.82, 2.24) is 4.90 Å². The van der Waals surface area contributed by atoms with Crippen molar-refractivity contribution in [3.63, 3.8) is 0 Å². The van der Waals surface area contributed by atoms with Crippen LogP contribution in [-0.4, -0.2) is 43.0 Å². The molecule has 3 aromatic rings. The average Bonchev–Trinajstić information content (AvgIpc) is 2.93. The van der Waals surface area contributed by atoms with E-state index in [0.29, 0.717) is 42.9 Å². The first-order valence-corrected chi connectivity index (χ1v) is 11.8. The molecule has 1 aliphatic heterocycles. The molecule has 0 bridgehead atoms. The largest absolute Gasteiger partial charge is 0.497 e. The highest BCUT2D eigenvalue weighted by Gasteiger charge is 2.32. The number of amides is 3. The zero-order chi connectivity index (χ0) is 25.3. The number of urea groups is 1. The van der Waals surface area contributed by atoms with Gasteiger partial charge in [-0.25, -0.2) is 4.79 Å². The first kappa shape index (κ1) is 24.8. The Morgan fingerprint density at radius 2 is 1.39 bits per heavy atom. The lowest BCUT2D eigenvalue weighted by molar-refractivity contribution is -0.160. The van der Waals surface area contributed by atoms with Crippen molar-refractivity contribution >= 4 is 29.3 Å². The molecule has 8 nitrogen and oxygen atoms in total. The van der Waals surface area contributed by atoms with Gasteiger partial charge in [0, 0.05) is 30.0 Å². The molecule has 1 heterocycles. The maximum absolute atomic E-state index is 13.1. The average molecular weight is 488 g/mol. The number of likely N-dealkylation sites (tertiary alicyclic amines) is 1. The topological polar surface area (TPSA) is 97.0 Å². The molecule has 8 heteroatoms. The molecule has 3 amide bonds. The van der Waals surface area contributed by atoms with Crippen molar-refractivity contribution in [2.24, 2.45) is 5.92 Å². The minimum Gasteiger partial charge on any atom is -0.497 e. The summed E-state index contributed by atoms with van der Waals surface area (Å²) in [7, 11) is 1.57. The fourth-order valence-electron chi connectivity index (χ4n) is 4.04. The third kappa shape index (κ3) is 6.41. The summed E-state index contributed by atoms with van der Waals surface area (Å²) in [5.74, 6) is -0.621. The molecule has 3 aromatic carbocycles. The number of nitrogens with one attached hydrogen (secondary N) is 2. The Morgan fingerprint density at radius 1 is 0.806 bits per heavy atom. The Morgan fingerprint density at radius 3 is 2.00 bits per heavy atom. The standard InChI is InChI=1S/C28H29N3O5/c1-35-24-14-12-23(13-15-24)29-26(32)25(20-8-4-2-5-9-20)36-27(33)21-16-18-31(19-17-21)28(34)30-22-10-6-3-7-11-22/h2-15,21,25H,16-19H2,1H3,(H,29,32)(H,30,34). The minimum atomic E-state index is -1.10. The van der Waals surface area contributed by atoms with Crippen molar-refractivity contribution in [3.05, 3.63) is 90.5 Å². The van der Waals surface area contributed by atoms with Crippen LogP contribution in [0.2, 0.25) is 0 Å². The number of nitrogens with zero attached hydrogens (tertiary/aromatic N) is 1. The molecule has 1 unspecified atom stereocenters. The number of hydrogen-bond donors (Lipinski definition) is 2. The number of esters is 1. The van der Waals surface area contributed by atoms with E-state index in [2.05, 4.69) is 10.6 Å². The van der Waals surface area contributed by atoms with E-state index in [1.807, 2.05) is 36.4 Å². The molecule has 0 aromatic heterocycles. The van der Waals surface area contributed by atoms with Gasteiger partial charge in [0.15, 0.2) is 0 Å². The molecule has 0 saturated carbocycles. The SMILES string of the molecule is COc1ccc(NC(=O)C(OC(=O)C2CCN(C(=O)Nc3ccccc3)CC2)c2ccccc2)cc1. The number of anilines is 2. The van der Waals surface area contributed by atoms with Crippen LogP contribution in [0, 0.1) is 5.92 Å². The number of para-hydroxylation sites is 1. The van der Waals surface area contributed by atoms with Crippen LogP contribution in [0.5, 0.6) is 5.75 Å². The monoisotopic (exact) mass is 487 g/mol. The molecule has 186 valence electrons. The van der Waals surface area contributed by atoms with E-state index in [1.165, 1.54) is 0 Å². The summed E-state index contributed by atoms with van der Waals surface area (Å²) in [6.07, 6.45) is -0.175. The van der Waals surface area contributed by atoms with E-state index in [4.69, 9.17) is 9.47 Å². The van der Waals surface area contributed by atoms with E-state index in [9.17, 15) is 14.4 Å². The predicted octanol–water partition coefficient (Wildman–Crippen LogP) is 4.86. The Balaban J connectivity index is 1.37. The predicted molar refractivity (Wildman–Crippen MR) is 137 cm³/mol. The van der Waals surface area contributed by atoms with Gasteiger partial charge in [-0.05, 0) is 49.2 Å². The van der Waals surface area contributed by atoms with Gasteiger partial charge in [-0.1, -0.05) is 48.5 Å². The molecule has 0 spiro atoms. The second-order valence-electron chi connectivity index (χ2n) is 8.50. The van der Waals surface area contributed by atoms with Crippen LogP contribution in [0.15, 0.2) is 84.9 Å². The summed E-state index contributed by atoms with van der Waals surface area (Å²) >= 11 is 0. The fourth-order valence-corrected chi connectivity index (χ4v) is 4.04. The van der Waals surface area contributed by atoms with Crippen molar-refractivity contribution in [2.75, 3.05) is 30.8 Å². The number of carbonyl (C=O) groups is 3. The zero-order valence-electron chi connectivity index (χ0n) is 20.1. The maximum Gasteiger partial charge on any atom is 0.321 e. The maximum atomic E-state index is 13.1. The van der Waals surface area contributed by atoms with Crippen LogP contribution in [0.25, 0.3) is 0 Å². The Bertz CT molecular complexity index is 1160. The molecule has 1 saturated heterocycles. The lowest BCUT2D eigenvalue weighted by Gasteiger charge is -2.31. The van der Waals surface area contributed by atoms with Crippen molar-refractivity contribution in [1.29, 1.82) is 0 Å². The van der Waals surface area contributed by atoms with Gasteiger partial charge < -0.3 is 25.0 Å². The summed E-state index contributed by atoms with van der Waals surface area (Å²) < 4.78 is 10.9. The van der Waals surface area contributed by atoms with Crippen LogP contribution in [0.4, 0.5) is 16.2 Å². The third-order valence-corrected chi connectivity index (χ3v) is 6.07. The van der Waals surface area contributed by atoms with Crippen LogP contribution < -0.4 is 15.4 Å². The number of rotatable bonds is 7. The first-order chi connectivity index (χ1) is 17.5. The van der Waals surface area contributed by atoms with Gasteiger partial charge in [0.1, 0.15) is 5.75 Å². The molecule has 0 aliphatic carbocycles. The summed E-state index contributed by atoms with van der Waals surface area (Å²) in [6, 6.07) is 24.9. The van der Waals surface area contributed by atoms with Crippen LogP contribution in [-0.2, 0) is 14.3 Å². The normalized spacial score (nSPS) is 14.4. The van der Waals surface area contributed by atoms with E-state index in [-0.39, 0.29) is 6.03 Å². The van der Waals surface area contributed by atoms with Gasteiger partial charge in [0.2, 0.25) is 6.10 Å². The second-order valence-corrected chi connectivity index (χ2v) is 8.50. The summed E-state index contributed by atoms with van der Waals surface area (Å²) in [5, 5.41) is 5.68. The Kier molecular flexibility index (Phi) is 8.18. The van der Waals surface area contributed by atoms with E-state index in [0.717, 1.165) is 5.69 Å². The van der Waals surface area contributed by atoms with Crippen molar-refractivity contribution in [2.45, 2.75) is 18.9 Å². The number of ether oxygens (including phenoxy) is 2. The van der Waals surface area contributed by atoms with E-state index >= 15 is 0 Å². The Hall–Kier alpha value is -4.33. The molecular weight excluding hydrogens is 458 g/mol. The smallest absolute Gasteiger partial charge is 0.321 e. The first-order valence-electron chi connectivity index (χ1n) is 11.8. The van der Waals surface area contributed by atoms with Gasteiger partial charge in [0.05, 0.1) is 13.0 Å². The summed E-state index contributed by atoms with van der Waals surface area (Å²) in [6.45, 7) is 0.846. The second kappa shape index (κ2) is 11.9. The fraction of sp³-hybridized carbons (Fsp3) is 0.250. The Labute approximate surface area is 210 Å². The highest BCUT2D eigenvalue weighted by atomic mass is 16.5. The molecular formula is C28H29N3O5. The van der Waals surface area contributed by atoms with Gasteiger partial charge in [-0.15, -0.1) is 0 Å². The van der Waals surface area contributed by atoms with Gasteiger partial charge in [0.25, 0.3) is 5.91 Å². The number of hydrogen-bond acceptors (Lipinski definition) is 5. The molecule has 1 aliphatic rings. The quantitative estimate of drug-likeness (QED) is 0.464. The number of benzene rings is 3. The van der Waals surface area contributed by atoms with E-state index in [1.54, 1.807) is 60.5 Å². The molecule has 0 radical (unpaired) electrons. The lowest BCUT2D eigenvalue weighted by Crippen LogP contribution is -2.43. The lowest BCUT2D eigenvalue weighted by atomic mass is 9.97. The number of methoxy groups -OCH3 is 1. The number of carbonyl (C=O) groups excluding carboxylic acids is 3. The van der Waals surface area contributed by atoms with E-state index < -0.39 is 23.9 Å². The van der Waals surface area contributed by atoms with Crippen LogP contribution >= 0.6 is 0 Å². The summed E-state index contributed by atoms with van der Waals surface area (Å²) in [5.41, 5.74) is 1.87. The highest BCUT2D eigenvalue weighted by molar-refractivity contribution is 5.96. The minimum absolute atomic E-state index is 0.200. The van der Waals surface area contributed by atoms with Crippen LogP contribution in [0.3, 0.4) is 0 Å². The third-order valence-electron chi connectivity index (χ3n) is 6.07. The van der Waals surface area contributed by atoms with Crippen molar-refractivity contribution < 1.29 is 23.9 Å². The molecule has 4 rings (SSSR count). The van der Waals surface area contributed by atoms with Gasteiger partial charge in [-0.2, -0.15) is 0 Å². The summed E-state index contributed by atoms with van der Waals surface area (Å²) in [4.78, 5) is 40.4. The molecule has 36 heavy (non-hydrogen) atoms. The van der Waals surface area contributed by atoms with Gasteiger partial charge >= 0.3 is 12.0 Å². The molecule has 1 fully saturated rings. The molecule has 2 N–H and O–H groups in total. The number of piperidine rings is 1. The zero-order valence-corrected chi connectivity index (χ0v) is 20.1. The van der Waals surface area contributed by atoms with Gasteiger partial charge in [-0.3, -0.25) is 9.59 Å². The highest BCUT2D eigenvalue weighted by Crippen LogP contribution is 2.26. The van der Waals surface area contributed by atoms with Crippen LogP contribution in [0.1, 0.15) is 24.5 Å².